The minimum absolute atomic E-state index is 0.0109. The van der Waals surface area contributed by atoms with Gasteiger partial charge >= 0.3 is 5.97 Å². The minimum atomic E-state index is -1.13. The van der Waals surface area contributed by atoms with Gasteiger partial charge in [-0.3, -0.25) is 0 Å². The lowest BCUT2D eigenvalue weighted by Gasteiger charge is -1.98. The van der Waals surface area contributed by atoms with E-state index in [4.69, 9.17) is 4.74 Å². The van der Waals surface area contributed by atoms with Crippen LogP contribution in [-0.2, 0) is 0 Å². The second kappa shape index (κ2) is 4.86. The summed E-state index contributed by atoms with van der Waals surface area (Å²) in [6, 6.07) is 8.56. The summed E-state index contributed by atoms with van der Waals surface area (Å²) in [6.07, 6.45) is 0. The van der Waals surface area contributed by atoms with Gasteiger partial charge in [-0.05, 0) is 30.3 Å². The van der Waals surface area contributed by atoms with Gasteiger partial charge in [-0.1, -0.05) is 0 Å². The molecule has 0 unspecified atom stereocenters. The summed E-state index contributed by atoms with van der Waals surface area (Å²) in [6.45, 7) is 0. The van der Waals surface area contributed by atoms with Crippen molar-refractivity contribution in [2.24, 2.45) is 0 Å². The van der Waals surface area contributed by atoms with Gasteiger partial charge in [-0.15, -0.1) is 14.8 Å². The van der Waals surface area contributed by atoms with E-state index in [0.29, 0.717) is 17.0 Å². The Morgan fingerprint density at radius 1 is 1.19 bits per heavy atom. The van der Waals surface area contributed by atoms with Crippen molar-refractivity contribution in [2.45, 2.75) is 0 Å². The number of benzene rings is 1. The first kappa shape index (κ1) is 13.0. The van der Waals surface area contributed by atoms with Gasteiger partial charge in [-0.25, -0.2) is 9.18 Å². The van der Waals surface area contributed by atoms with Crippen molar-refractivity contribution < 1.29 is 19.0 Å². The number of carboxylic acids is 1. The molecule has 21 heavy (non-hydrogen) atoms. The zero-order valence-electron chi connectivity index (χ0n) is 10.9. The Bertz CT molecular complexity index is 827. The maximum absolute atomic E-state index is 13.0. The molecule has 3 rings (SSSR count). The van der Waals surface area contributed by atoms with E-state index in [1.54, 1.807) is 12.1 Å². The quantitative estimate of drug-likeness (QED) is 0.799. The zero-order chi connectivity index (χ0) is 15.0. The highest BCUT2D eigenvalue weighted by Crippen LogP contribution is 2.26. The number of nitrogens with zero attached hydrogens (tertiary/aromatic N) is 3. The highest BCUT2D eigenvalue weighted by molar-refractivity contribution is 6.02. The van der Waals surface area contributed by atoms with Crippen LogP contribution < -0.4 is 4.74 Å². The van der Waals surface area contributed by atoms with Crippen molar-refractivity contribution in [2.75, 3.05) is 7.11 Å². The SMILES string of the molecule is COc1ccc2c(C(=O)O)c(-c3ccc(F)cc3)nn2n1. The fourth-order valence-corrected chi connectivity index (χ4v) is 2.05. The molecule has 0 atom stereocenters. The number of ether oxygens (including phenoxy) is 1. The van der Waals surface area contributed by atoms with Gasteiger partial charge in [0.2, 0.25) is 5.88 Å². The van der Waals surface area contributed by atoms with E-state index in [9.17, 15) is 14.3 Å². The van der Waals surface area contributed by atoms with Gasteiger partial charge < -0.3 is 9.84 Å². The number of rotatable bonds is 3. The maximum Gasteiger partial charge on any atom is 0.340 e. The maximum atomic E-state index is 13.0. The first-order chi connectivity index (χ1) is 10.1. The minimum Gasteiger partial charge on any atom is -0.480 e. The van der Waals surface area contributed by atoms with Gasteiger partial charge in [0.1, 0.15) is 22.6 Å². The molecule has 0 aliphatic carbocycles. The molecule has 2 heterocycles. The highest BCUT2D eigenvalue weighted by atomic mass is 19.1. The molecule has 0 aliphatic heterocycles. The van der Waals surface area contributed by atoms with Crippen LogP contribution in [0.15, 0.2) is 36.4 Å². The predicted octanol–water partition coefficient (Wildman–Crippen LogP) is 2.24. The van der Waals surface area contributed by atoms with Crippen LogP contribution in [0.2, 0.25) is 0 Å². The fourth-order valence-electron chi connectivity index (χ4n) is 2.05. The number of aromatic nitrogens is 3. The Morgan fingerprint density at radius 2 is 1.90 bits per heavy atom. The van der Waals surface area contributed by atoms with E-state index in [-0.39, 0.29) is 11.3 Å². The first-order valence-electron chi connectivity index (χ1n) is 6.03. The molecule has 7 heteroatoms. The molecule has 6 nitrogen and oxygen atoms in total. The number of halogens is 1. The first-order valence-corrected chi connectivity index (χ1v) is 6.03. The molecule has 0 radical (unpaired) electrons. The Labute approximate surface area is 118 Å². The van der Waals surface area contributed by atoms with Gasteiger partial charge in [0.25, 0.3) is 0 Å². The Hall–Kier alpha value is -2.96. The van der Waals surface area contributed by atoms with Crippen molar-refractivity contribution in [1.29, 1.82) is 0 Å². The molecule has 0 aliphatic rings. The summed E-state index contributed by atoms with van der Waals surface area (Å²) in [5, 5.41) is 17.6. The lowest BCUT2D eigenvalue weighted by Crippen LogP contribution is -1.99. The van der Waals surface area contributed by atoms with Gasteiger partial charge in [0.05, 0.1) is 7.11 Å². The summed E-state index contributed by atoms with van der Waals surface area (Å²) in [5.41, 5.74) is 1.07. The number of carbonyl (C=O) groups is 1. The molecule has 0 spiro atoms. The van der Waals surface area contributed by atoms with Crippen molar-refractivity contribution >= 4 is 11.5 Å². The molecular weight excluding hydrogens is 277 g/mol. The largest absolute Gasteiger partial charge is 0.480 e. The molecule has 1 aromatic carbocycles. The third-order valence-corrected chi connectivity index (χ3v) is 3.02. The standard InChI is InChI=1S/C14H10FN3O3/c1-21-11-7-6-10-12(14(19)20)13(17-18(10)16-11)8-2-4-9(15)5-3-8/h2-7H,1H3,(H,19,20). The van der Waals surface area contributed by atoms with E-state index in [1.165, 1.54) is 36.0 Å². The van der Waals surface area contributed by atoms with Gasteiger partial charge in [-0.2, -0.15) is 0 Å². The number of hydrogen-bond donors (Lipinski definition) is 1. The van der Waals surface area contributed by atoms with Gasteiger partial charge in [0, 0.05) is 11.6 Å². The van der Waals surface area contributed by atoms with Crippen LogP contribution in [-0.4, -0.2) is 33.0 Å². The predicted molar refractivity (Wildman–Crippen MR) is 71.9 cm³/mol. The Morgan fingerprint density at radius 3 is 2.52 bits per heavy atom. The molecule has 2 aromatic heterocycles. The van der Waals surface area contributed by atoms with Crippen molar-refractivity contribution in [3.63, 3.8) is 0 Å². The third kappa shape index (κ3) is 2.18. The summed E-state index contributed by atoms with van der Waals surface area (Å²) in [4.78, 5) is 11.5. The zero-order valence-corrected chi connectivity index (χ0v) is 10.9. The van der Waals surface area contributed by atoms with Crippen molar-refractivity contribution in [3.8, 4) is 17.1 Å². The third-order valence-electron chi connectivity index (χ3n) is 3.02. The molecule has 3 aromatic rings. The van der Waals surface area contributed by atoms with E-state index >= 15 is 0 Å². The summed E-state index contributed by atoms with van der Waals surface area (Å²) >= 11 is 0. The summed E-state index contributed by atoms with van der Waals surface area (Å²) in [5.74, 6) is -1.22. The smallest absolute Gasteiger partial charge is 0.340 e. The van der Waals surface area contributed by atoms with Crippen LogP contribution in [0.5, 0.6) is 5.88 Å². The molecule has 0 saturated carbocycles. The van der Waals surface area contributed by atoms with Crippen LogP contribution in [0.25, 0.3) is 16.8 Å². The Balaban J connectivity index is 2.28. The van der Waals surface area contributed by atoms with Crippen LogP contribution in [0.1, 0.15) is 10.4 Å². The van der Waals surface area contributed by atoms with Crippen LogP contribution >= 0.6 is 0 Å². The summed E-state index contributed by atoms with van der Waals surface area (Å²) < 4.78 is 19.2. The summed E-state index contributed by atoms with van der Waals surface area (Å²) in [7, 11) is 1.46. The molecule has 0 fully saturated rings. The average Bonchev–Trinajstić information content (AvgIpc) is 2.86. The van der Waals surface area contributed by atoms with E-state index < -0.39 is 11.8 Å². The molecule has 0 bridgehead atoms. The monoisotopic (exact) mass is 287 g/mol. The number of hydrogen-bond acceptors (Lipinski definition) is 4. The molecule has 1 N–H and O–H groups in total. The molecular formula is C14H10FN3O3. The van der Waals surface area contributed by atoms with Crippen molar-refractivity contribution in [3.05, 3.63) is 47.8 Å². The number of aromatic carboxylic acids is 1. The van der Waals surface area contributed by atoms with Gasteiger partial charge in [0.15, 0.2) is 0 Å². The molecule has 0 amide bonds. The molecule has 0 saturated heterocycles. The van der Waals surface area contributed by atoms with E-state index in [0.717, 1.165) is 0 Å². The molecule has 106 valence electrons. The fraction of sp³-hybridized carbons (Fsp3) is 0.0714. The van der Waals surface area contributed by atoms with Crippen LogP contribution in [0.3, 0.4) is 0 Å². The lowest BCUT2D eigenvalue weighted by molar-refractivity contribution is 0.0699. The van der Waals surface area contributed by atoms with Crippen LogP contribution in [0, 0.1) is 5.82 Å². The normalized spacial score (nSPS) is 10.8. The van der Waals surface area contributed by atoms with Crippen molar-refractivity contribution in [1.82, 2.24) is 14.8 Å². The number of fused-ring (bicyclic) bond motifs is 1. The highest BCUT2D eigenvalue weighted by Gasteiger charge is 2.21. The lowest BCUT2D eigenvalue weighted by atomic mass is 10.1. The van der Waals surface area contributed by atoms with E-state index in [2.05, 4.69) is 10.2 Å². The number of carboxylic acid groups (broad SMARTS) is 1. The van der Waals surface area contributed by atoms with E-state index in [1.807, 2.05) is 0 Å². The van der Waals surface area contributed by atoms with Crippen LogP contribution in [0.4, 0.5) is 4.39 Å². The Kier molecular flexibility index (Phi) is 3.02. The average molecular weight is 287 g/mol. The second-order valence-electron chi connectivity index (χ2n) is 4.29. The second-order valence-corrected chi connectivity index (χ2v) is 4.29. The topological polar surface area (TPSA) is 76.7 Å². The number of methoxy groups -OCH3 is 1.